The molecule has 1 unspecified atom stereocenters. The van der Waals surface area contributed by atoms with Gasteiger partial charge in [-0.15, -0.1) is 0 Å². The molecular weight excluding hydrogens is 204 g/mol. The maximum absolute atomic E-state index is 11.6. The van der Waals surface area contributed by atoms with Gasteiger partial charge in [-0.3, -0.25) is 0 Å². The van der Waals surface area contributed by atoms with Crippen LogP contribution in [0.4, 0.5) is 0 Å². The van der Waals surface area contributed by atoms with Crippen molar-refractivity contribution in [2.45, 2.75) is 13.0 Å². The molecule has 1 atom stereocenters. The summed E-state index contributed by atoms with van der Waals surface area (Å²) in [6, 6.07) is 7.46. The van der Waals surface area contributed by atoms with Gasteiger partial charge in [0.05, 0.1) is 7.11 Å². The van der Waals surface area contributed by atoms with Gasteiger partial charge in [-0.05, 0) is 13.0 Å². The molecule has 2 rings (SSSR count). The summed E-state index contributed by atoms with van der Waals surface area (Å²) < 4.78 is 4.73. The zero-order valence-electron chi connectivity index (χ0n) is 9.28. The number of carbonyl (C=O) groups excluding carboxylic acids is 1. The second-order valence-corrected chi connectivity index (χ2v) is 3.74. The summed E-state index contributed by atoms with van der Waals surface area (Å²) in [6.45, 7) is 1.85. The Balaban J connectivity index is 2.73. The first kappa shape index (κ1) is 10.7. The number of methoxy groups -OCH3 is 1. The number of nitrogens with two attached hydrogens (primary N) is 1. The van der Waals surface area contributed by atoms with Gasteiger partial charge in [0.15, 0.2) is 0 Å². The molecule has 1 aromatic heterocycles. The Kier molecular flexibility index (Phi) is 2.66. The van der Waals surface area contributed by atoms with Crippen molar-refractivity contribution in [3.63, 3.8) is 0 Å². The normalized spacial score (nSPS) is 12.7. The van der Waals surface area contributed by atoms with E-state index in [2.05, 4.69) is 4.98 Å². The van der Waals surface area contributed by atoms with Crippen molar-refractivity contribution in [1.82, 2.24) is 4.98 Å². The molecule has 0 saturated heterocycles. The minimum Gasteiger partial charge on any atom is -0.464 e. The summed E-state index contributed by atoms with van der Waals surface area (Å²) in [4.78, 5) is 14.6. The fourth-order valence-electron chi connectivity index (χ4n) is 1.90. The van der Waals surface area contributed by atoms with Crippen LogP contribution in [0.5, 0.6) is 0 Å². The molecule has 0 saturated carbocycles. The number of H-pyrrole nitrogens is 1. The van der Waals surface area contributed by atoms with Crippen molar-refractivity contribution in [3.8, 4) is 0 Å². The van der Waals surface area contributed by atoms with Gasteiger partial charge in [0, 0.05) is 22.5 Å². The molecule has 0 aliphatic heterocycles. The van der Waals surface area contributed by atoms with Crippen LogP contribution in [-0.4, -0.2) is 18.1 Å². The van der Waals surface area contributed by atoms with Gasteiger partial charge in [-0.1, -0.05) is 18.2 Å². The molecule has 84 valence electrons. The lowest BCUT2D eigenvalue weighted by molar-refractivity contribution is 0.0593. The van der Waals surface area contributed by atoms with Crippen LogP contribution in [0.3, 0.4) is 0 Å². The zero-order valence-corrected chi connectivity index (χ0v) is 9.28. The van der Waals surface area contributed by atoms with E-state index < -0.39 is 0 Å². The minimum atomic E-state index is -0.386. The first-order valence-electron chi connectivity index (χ1n) is 5.09. The number of aromatic nitrogens is 1. The molecular formula is C12H14N2O2. The molecule has 3 N–H and O–H groups in total. The van der Waals surface area contributed by atoms with E-state index in [-0.39, 0.29) is 12.0 Å². The number of aromatic amines is 1. The van der Waals surface area contributed by atoms with Crippen molar-refractivity contribution < 1.29 is 9.53 Å². The summed E-state index contributed by atoms with van der Waals surface area (Å²) >= 11 is 0. The highest BCUT2D eigenvalue weighted by atomic mass is 16.5. The van der Waals surface area contributed by atoms with E-state index in [0.29, 0.717) is 5.69 Å². The van der Waals surface area contributed by atoms with Gasteiger partial charge < -0.3 is 15.5 Å². The predicted molar refractivity (Wildman–Crippen MR) is 62.2 cm³/mol. The van der Waals surface area contributed by atoms with Gasteiger partial charge in [0.25, 0.3) is 0 Å². The number of ether oxygens (including phenoxy) is 1. The van der Waals surface area contributed by atoms with Gasteiger partial charge >= 0.3 is 5.97 Å². The summed E-state index contributed by atoms with van der Waals surface area (Å²) in [5.41, 5.74) is 8.04. The number of esters is 1. The highest BCUT2D eigenvalue weighted by molar-refractivity contribution is 5.98. The molecule has 1 heterocycles. The summed E-state index contributed by atoms with van der Waals surface area (Å²) in [7, 11) is 1.36. The lowest BCUT2D eigenvalue weighted by atomic mass is 10.0. The summed E-state index contributed by atoms with van der Waals surface area (Å²) in [6.07, 6.45) is 0. The van der Waals surface area contributed by atoms with Gasteiger partial charge in [0.1, 0.15) is 5.69 Å². The van der Waals surface area contributed by atoms with Crippen LogP contribution in [0.1, 0.15) is 29.0 Å². The van der Waals surface area contributed by atoms with Crippen LogP contribution in [0.2, 0.25) is 0 Å². The van der Waals surface area contributed by atoms with Gasteiger partial charge in [0.2, 0.25) is 0 Å². The molecule has 1 aromatic carbocycles. The Labute approximate surface area is 93.4 Å². The Morgan fingerprint density at radius 2 is 2.12 bits per heavy atom. The summed E-state index contributed by atoms with van der Waals surface area (Å²) in [5.74, 6) is -0.386. The fourth-order valence-corrected chi connectivity index (χ4v) is 1.90. The highest BCUT2D eigenvalue weighted by Gasteiger charge is 2.20. The topological polar surface area (TPSA) is 68.1 Å². The van der Waals surface area contributed by atoms with Crippen LogP contribution in [0.25, 0.3) is 10.9 Å². The standard InChI is InChI=1S/C12H14N2O2/c1-7(13)10-8-5-3-4-6-9(8)14-11(10)12(15)16-2/h3-7,14H,13H2,1-2H3. The average Bonchev–Trinajstić information content (AvgIpc) is 2.67. The number of carbonyl (C=O) groups is 1. The highest BCUT2D eigenvalue weighted by Crippen LogP contribution is 2.27. The van der Waals surface area contributed by atoms with Crippen molar-refractivity contribution in [2.75, 3.05) is 7.11 Å². The average molecular weight is 218 g/mol. The molecule has 2 aromatic rings. The SMILES string of the molecule is COC(=O)c1[nH]c2ccccc2c1C(C)N. The smallest absolute Gasteiger partial charge is 0.354 e. The molecule has 0 aliphatic rings. The van der Waals surface area contributed by atoms with Gasteiger partial charge in [-0.2, -0.15) is 0 Å². The maximum Gasteiger partial charge on any atom is 0.354 e. The van der Waals surface area contributed by atoms with Crippen LogP contribution in [0, 0.1) is 0 Å². The van der Waals surface area contributed by atoms with Crippen LogP contribution in [-0.2, 0) is 4.74 Å². The molecule has 0 fully saturated rings. The Hall–Kier alpha value is -1.81. The van der Waals surface area contributed by atoms with Crippen LogP contribution >= 0.6 is 0 Å². The quantitative estimate of drug-likeness (QED) is 0.757. The van der Waals surface area contributed by atoms with E-state index in [9.17, 15) is 4.79 Å². The molecule has 0 spiro atoms. The number of rotatable bonds is 2. The molecule has 0 aliphatic carbocycles. The Morgan fingerprint density at radius 1 is 1.44 bits per heavy atom. The van der Waals surface area contributed by atoms with Crippen molar-refractivity contribution >= 4 is 16.9 Å². The lowest BCUT2D eigenvalue weighted by Gasteiger charge is -2.06. The van der Waals surface area contributed by atoms with Crippen molar-refractivity contribution in [2.24, 2.45) is 5.73 Å². The molecule has 16 heavy (non-hydrogen) atoms. The van der Waals surface area contributed by atoms with E-state index in [0.717, 1.165) is 16.5 Å². The van der Waals surface area contributed by atoms with Crippen LogP contribution < -0.4 is 5.73 Å². The lowest BCUT2D eigenvalue weighted by Crippen LogP contribution is -2.12. The third kappa shape index (κ3) is 1.57. The molecule has 4 heteroatoms. The largest absolute Gasteiger partial charge is 0.464 e. The second kappa shape index (κ2) is 3.98. The number of benzene rings is 1. The number of nitrogens with one attached hydrogen (secondary N) is 1. The molecule has 0 amide bonds. The van der Waals surface area contributed by atoms with E-state index in [1.807, 2.05) is 31.2 Å². The van der Waals surface area contributed by atoms with Crippen molar-refractivity contribution in [1.29, 1.82) is 0 Å². The van der Waals surface area contributed by atoms with E-state index in [1.165, 1.54) is 7.11 Å². The third-order valence-electron chi connectivity index (χ3n) is 2.59. The van der Waals surface area contributed by atoms with Crippen molar-refractivity contribution in [3.05, 3.63) is 35.5 Å². The number of para-hydroxylation sites is 1. The Bertz CT molecular complexity index is 529. The fraction of sp³-hybridized carbons (Fsp3) is 0.250. The number of hydrogen-bond donors (Lipinski definition) is 2. The molecule has 0 bridgehead atoms. The first-order valence-corrected chi connectivity index (χ1v) is 5.09. The number of fused-ring (bicyclic) bond motifs is 1. The third-order valence-corrected chi connectivity index (χ3v) is 2.59. The monoisotopic (exact) mass is 218 g/mol. The number of hydrogen-bond acceptors (Lipinski definition) is 3. The zero-order chi connectivity index (χ0) is 11.7. The second-order valence-electron chi connectivity index (χ2n) is 3.74. The van der Waals surface area contributed by atoms with E-state index >= 15 is 0 Å². The minimum absolute atomic E-state index is 0.217. The Morgan fingerprint density at radius 3 is 2.75 bits per heavy atom. The summed E-state index contributed by atoms with van der Waals surface area (Å²) in [5, 5.41) is 0.970. The molecule has 0 radical (unpaired) electrons. The van der Waals surface area contributed by atoms with Crippen LogP contribution in [0.15, 0.2) is 24.3 Å². The maximum atomic E-state index is 11.6. The van der Waals surface area contributed by atoms with E-state index in [4.69, 9.17) is 10.5 Å². The predicted octanol–water partition coefficient (Wildman–Crippen LogP) is 1.97. The van der Waals surface area contributed by atoms with E-state index in [1.54, 1.807) is 0 Å². The molecule has 4 nitrogen and oxygen atoms in total. The first-order chi connectivity index (χ1) is 7.65. The van der Waals surface area contributed by atoms with Gasteiger partial charge in [-0.25, -0.2) is 4.79 Å².